The Kier molecular flexibility index (Phi) is 40.0. The van der Waals surface area contributed by atoms with Gasteiger partial charge in [0.25, 0.3) is 0 Å². The smallest absolute Gasteiger partial charge is 0.327 e. The zero-order valence-corrected chi connectivity index (χ0v) is 66.0. The number of carbonyl (C=O) groups is 14. The van der Waals surface area contributed by atoms with E-state index in [1.165, 1.54) is 6.92 Å². The van der Waals surface area contributed by atoms with Gasteiger partial charge in [-0.3, -0.25) is 62.3 Å². The van der Waals surface area contributed by atoms with Crippen LogP contribution in [-0.2, 0) is 92.8 Å². The van der Waals surface area contributed by atoms with Gasteiger partial charge in [0.05, 0.1) is 31.4 Å². The molecule has 0 aliphatic rings. The highest BCUT2D eigenvalue weighted by molar-refractivity contribution is 7.80. The van der Waals surface area contributed by atoms with Crippen LogP contribution in [0.15, 0.2) is 121 Å². The lowest BCUT2D eigenvalue weighted by Gasteiger charge is -2.29. The van der Waals surface area contributed by atoms with Crippen molar-refractivity contribution < 1.29 is 87.5 Å². The van der Waals surface area contributed by atoms with E-state index in [9.17, 15) is 73.2 Å². The molecular weight excluding hydrogens is 1520 g/mol. The van der Waals surface area contributed by atoms with E-state index in [4.69, 9.17) is 17.2 Å². The fourth-order valence-corrected chi connectivity index (χ4v) is 12.2. The molecule has 0 fully saturated rings. The topological polar surface area (TPSA) is 570 Å². The Hall–Kier alpha value is -10.5. The van der Waals surface area contributed by atoms with Crippen molar-refractivity contribution in [1.82, 2.24) is 74.1 Å². The van der Waals surface area contributed by atoms with Crippen LogP contribution in [0, 0.1) is 5.92 Å². The maximum absolute atomic E-state index is 15.3. The molecular formula is C77H109N17O18S2. The van der Waals surface area contributed by atoms with Crippen molar-refractivity contribution in [2.24, 2.45) is 23.1 Å². The maximum atomic E-state index is 15.3. The summed E-state index contributed by atoms with van der Waals surface area (Å²) >= 11 is 8.13. The second kappa shape index (κ2) is 48.5. The van der Waals surface area contributed by atoms with Gasteiger partial charge in [0.15, 0.2) is 0 Å². The Morgan fingerprint density at radius 1 is 0.404 bits per heavy atom. The van der Waals surface area contributed by atoms with Crippen LogP contribution < -0.4 is 86.3 Å². The van der Waals surface area contributed by atoms with E-state index in [1.807, 2.05) is 0 Å². The SMILES string of the molecule is CC(C)[C@@H](N)C(=O)NCC(=O)N[C@@H](CS)C(=O)N[C@@H](CCCCN)C(=O)N[C@@H](C)C(=O)N[C@@H](Cc1ccccc1)C(=O)N[C@@H](Cc1ccccc1)C(=O)N[C@H](Cc1c[nH]c2ccccc12)C(=O)N[C@@H](CCCCN)C(=O)N[C@H](C(=O)N[C@H](Cc1ccccc1)C(=O)N[C@H](C(=O)N[C@@H](CO)C(=O)N[C@@H](CS)C(=O)O)[C@@H](C)O)[C@@H](C)O. The zero-order valence-electron chi connectivity index (χ0n) is 64.2. The van der Waals surface area contributed by atoms with E-state index in [0.29, 0.717) is 52.4 Å². The van der Waals surface area contributed by atoms with E-state index in [0.717, 1.165) is 13.8 Å². The van der Waals surface area contributed by atoms with Crippen LogP contribution >= 0.6 is 25.3 Å². The summed E-state index contributed by atoms with van der Waals surface area (Å²) in [6.45, 7) is 5.90. The van der Waals surface area contributed by atoms with E-state index >= 15 is 14.4 Å². The number of aliphatic hydroxyl groups excluding tert-OH is 3. The Labute approximate surface area is 671 Å². The van der Waals surface area contributed by atoms with Crippen molar-refractivity contribution in [3.8, 4) is 0 Å². The van der Waals surface area contributed by atoms with Crippen LogP contribution in [0.2, 0.25) is 0 Å². The molecule has 5 aromatic rings. The molecule has 1 heterocycles. The summed E-state index contributed by atoms with van der Waals surface area (Å²) in [5, 5.41) is 75.0. The van der Waals surface area contributed by atoms with Crippen molar-refractivity contribution in [3.63, 3.8) is 0 Å². The summed E-state index contributed by atoms with van der Waals surface area (Å²) in [6.07, 6.45) is -1.52. The van der Waals surface area contributed by atoms with Gasteiger partial charge in [-0.2, -0.15) is 25.3 Å². The molecule has 15 atom stereocenters. The molecule has 0 spiro atoms. The number of aliphatic carboxylic acids is 1. The highest BCUT2D eigenvalue weighted by Crippen LogP contribution is 2.21. The minimum atomic E-state index is -1.89. The van der Waals surface area contributed by atoms with E-state index in [2.05, 4.69) is 99.4 Å². The van der Waals surface area contributed by atoms with Crippen molar-refractivity contribution >= 4 is 119 Å². The van der Waals surface area contributed by atoms with Crippen molar-refractivity contribution in [1.29, 1.82) is 0 Å². The first-order valence-electron chi connectivity index (χ1n) is 37.5. The number of H-pyrrole nitrogens is 1. The number of aromatic amines is 1. The van der Waals surface area contributed by atoms with Gasteiger partial charge in [-0.15, -0.1) is 0 Å². The third-order valence-corrected chi connectivity index (χ3v) is 19.1. The van der Waals surface area contributed by atoms with Crippen LogP contribution in [0.3, 0.4) is 0 Å². The summed E-state index contributed by atoms with van der Waals surface area (Å²) in [7, 11) is 0. The van der Waals surface area contributed by atoms with Crippen LogP contribution in [-0.4, -0.2) is 237 Å². The first-order chi connectivity index (χ1) is 54.3. The highest BCUT2D eigenvalue weighted by Gasteiger charge is 2.39. The number of amides is 13. The Morgan fingerprint density at radius 2 is 0.763 bits per heavy atom. The molecule has 13 amide bonds. The van der Waals surface area contributed by atoms with Gasteiger partial charge in [0.2, 0.25) is 76.8 Å². The summed E-state index contributed by atoms with van der Waals surface area (Å²) in [4.78, 5) is 198. The van der Waals surface area contributed by atoms with Gasteiger partial charge in [0.1, 0.15) is 72.5 Å². The number of aromatic nitrogens is 1. The molecule has 37 heteroatoms. The molecule has 0 aliphatic carbocycles. The van der Waals surface area contributed by atoms with Gasteiger partial charge in [-0.25, -0.2) is 4.79 Å². The fraction of sp³-hybridized carbons (Fsp3) is 0.481. The third-order valence-electron chi connectivity index (χ3n) is 18.4. The molecule has 622 valence electrons. The molecule has 0 radical (unpaired) electrons. The average Bonchev–Trinajstić information content (AvgIpc) is 1.78. The molecule has 35 nitrogen and oxygen atoms in total. The van der Waals surface area contributed by atoms with Gasteiger partial charge in [0, 0.05) is 54.3 Å². The van der Waals surface area contributed by atoms with E-state index in [-0.39, 0.29) is 75.5 Å². The Morgan fingerprint density at radius 3 is 1.18 bits per heavy atom. The number of nitrogens with one attached hydrogen (secondary N) is 14. The number of benzene rings is 4. The number of unbranched alkanes of at least 4 members (excludes halogenated alkanes) is 2. The normalized spacial score (nSPS) is 15.2. The van der Waals surface area contributed by atoms with Crippen LogP contribution in [0.5, 0.6) is 0 Å². The van der Waals surface area contributed by atoms with Crippen LogP contribution in [0.4, 0.5) is 0 Å². The second-order valence-corrected chi connectivity index (χ2v) is 28.6. The van der Waals surface area contributed by atoms with Gasteiger partial charge >= 0.3 is 5.97 Å². The summed E-state index contributed by atoms with van der Waals surface area (Å²) in [6, 6.07) is 12.5. The number of carbonyl (C=O) groups excluding carboxylic acids is 13. The summed E-state index contributed by atoms with van der Waals surface area (Å²) < 4.78 is 0. The van der Waals surface area contributed by atoms with Crippen molar-refractivity contribution in [3.05, 3.63) is 144 Å². The lowest BCUT2D eigenvalue weighted by atomic mass is 10.00. The van der Waals surface area contributed by atoms with Crippen LogP contribution in [0.25, 0.3) is 10.9 Å². The number of nitrogens with two attached hydrogens (primary N) is 3. The molecule has 4 aromatic carbocycles. The quantitative estimate of drug-likeness (QED) is 0.0132. The van der Waals surface area contributed by atoms with E-state index < -0.39 is 187 Å². The lowest BCUT2D eigenvalue weighted by molar-refractivity contribution is -0.142. The first-order valence-corrected chi connectivity index (χ1v) is 38.7. The highest BCUT2D eigenvalue weighted by atomic mass is 32.1. The molecule has 0 saturated heterocycles. The number of hydrogen-bond acceptors (Lipinski definition) is 22. The molecule has 0 saturated carbocycles. The number of carboxylic acid groups (broad SMARTS) is 1. The minimum absolute atomic E-state index is 0.0361. The number of thiol groups is 2. The predicted octanol–water partition coefficient (Wildman–Crippen LogP) is -3.67. The number of para-hydroxylation sites is 1. The largest absolute Gasteiger partial charge is 0.480 e. The molecule has 0 unspecified atom stereocenters. The fourth-order valence-electron chi connectivity index (χ4n) is 11.7. The summed E-state index contributed by atoms with van der Waals surface area (Å²) in [5.74, 6) is -14.5. The summed E-state index contributed by atoms with van der Waals surface area (Å²) in [5.41, 5.74) is 20.3. The van der Waals surface area contributed by atoms with Gasteiger partial charge < -0.3 is 112 Å². The number of hydrogen-bond donors (Lipinski definition) is 23. The van der Waals surface area contributed by atoms with Crippen molar-refractivity contribution in [2.75, 3.05) is 37.7 Å². The molecule has 5 rings (SSSR count). The number of rotatable bonds is 49. The molecule has 114 heavy (non-hydrogen) atoms. The molecule has 0 aliphatic heterocycles. The van der Waals surface area contributed by atoms with E-state index in [1.54, 1.807) is 135 Å². The maximum Gasteiger partial charge on any atom is 0.327 e. The first kappa shape index (κ1) is 94.1. The molecule has 1 aromatic heterocycles. The zero-order chi connectivity index (χ0) is 84.1. The van der Waals surface area contributed by atoms with Crippen LogP contribution in [0.1, 0.15) is 95.4 Å². The van der Waals surface area contributed by atoms with Gasteiger partial charge in [-0.05, 0) is 107 Å². The number of fused-ring (bicyclic) bond motifs is 1. The third kappa shape index (κ3) is 30.8. The standard InChI is InChI=1S/C77H109N17O18S2/c1-42(2)62(80)74(108)82-38-61(98)84-59(40-113)73(107)86-52(29-17-19-31-78)66(100)83-43(3)65(99)87-54(33-46-21-9-6-10-22-46)68(102)88-55(34-47-23-11-7-12-24-47)69(103)89-57(36-49-37-81-51-28-16-15-27-50(49)51)70(104)85-53(30-18-20-32-79)67(101)93-63(44(4)96)75(109)90-56(35-48-25-13-8-14-26-48)71(105)94-64(45(5)97)76(110)91-58(39-95)72(106)92-60(41-114)77(111)112/h6-16,21-28,37,42-45,52-60,62-64,81,95-97,113-114H,17-20,29-36,38-41,78-80H2,1-5H3,(H,82,108)(H,83,100)(H,84,98)(H,85,104)(H,86,107)(H,87,99)(H,88,102)(H,89,103)(H,90,109)(H,91,110)(H,92,106)(H,93,101)(H,94,105)(H,111,112)/t43-,44+,45+,52-,53-,54-,55-,56+,57+,58-,59-,60-,62+,63-,64-/m0/s1. The predicted molar refractivity (Wildman–Crippen MR) is 429 cm³/mol. The monoisotopic (exact) mass is 1620 g/mol. The minimum Gasteiger partial charge on any atom is -0.480 e. The van der Waals surface area contributed by atoms with Crippen molar-refractivity contribution in [2.45, 2.75) is 190 Å². The Balaban J connectivity index is 1.43. The molecule has 24 N–H and O–H groups in total. The lowest BCUT2D eigenvalue weighted by Crippen LogP contribution is -2.63. The second-order valence-electron chi connectivity index (χ2n) is 27.9. The number of aliphatic hydroxyl groups is 3. The molecule has 0 bridgehead atoms. The Bertz CT molecular complexity index is 4020. The average molecular weight is 1620 g/mol. The number of carboxylic acids is 1. The van der Waals surface area contributed by atoms with Gasteiger partial charge in [-0.1, -0.05) is 123 Å².